The molecule has 0 aliphatic rings. The average Bonchev–Trinajstić information content (AvgIpc) is 2.16. The van der Waals surface area contributed by atoms with Gasteiger partial charge in [0.15, 0.2) is 0 Å². The van der Waals surface area contributed by atoms with E-state index in [0.717, 1.165) is 10.0 Å². The van der Waals surface area contributed by atoms with Crippen LogP contribution in [0.4, 0.5) is 0 Å². The summed E-state index contributed by atoms with van der Waals surface area (Å²) in [4.78, 5) is 10.8. The normalized spacial score (nSPS) is 10.9. The number of carboxylic acids is 1. The molecule has 0 bridgehead atoms. The van der Waals surface area contributed by atoms with E-state index >= 15 is 0 Å². The molecule has 0 amide bonds. The van der Waals surface area contributed by atoms with E-state index in [9.17, 15) is 4.79 Å². The molecule has 0 radical (unpaired) electrons. The van der Waals surface area contributed by atoms with Crippen molar-refractivity contribution in [2.24, 2.45) is 5.92 Å². The van der Waals surface area contributed by atoms with E-state index in [1.165, 1.54) is 0 Å². The van der Waals surface area contributed by atoms with Gasteiger partial charge >= 0.3 is 5.97 Å². The molecular weight excluding hydrogens is 315 g/mol. The number of hydrogen-bond acceptors (Lipinski definition) is 1. The summed E-state index contributed by atoms with van der Waals surface area (Å²) in [6, 6.07) is 7.74. The Labute approximate surface area is 116 Å². The summed E-state index contributed by atoms with van der Waals surface area (Å²) < 4.78 is 0.986. The van der Waals surface area contributed by atoms with Crippen molar-refractivity contribution in [3.8, 4) is 0 Å². The van der Waals surface area contributed by atoms with Crippen molar-refractivity contribution in [1.82, 2.24) is 0 Å². The van der Waals surface area contributed by atoms with Crippen molar-refractivity contribution in [2.45, 2.75) is 19.8 Å². The molecule has 1 N–H and O–H groups in total. The number of carbonyl (C=O) groups is 1. The number of benzene rings is 1. The first-order valence-corrected chi connectivity index (χ1v) is 5.40. The minimum Gasteiger partial charge on any atom is -0.481 e. The first kappa shape index (κ1) is 18.1. The van der Waals surface area contributed by atoms with Crippen molar-refractivity contribution < 1.29 is 9.90 Å². The third kappa shape index (κ3) is 5.19. The second kappa shape index (κ2) is 8.85. The lowest BCUT2D eigenvalue weighted by atomic mass is 9.97. The smallest absolute Gasteiger partial charge is 0.306 e. The molecule has 1 aromatic carbocycles. The third-order valence-corrected chi connectivity index (χ3v) is 3.04. The molecule has 1 atom stereocenters. The molecule has 2 nitrogen and oxygen atoms in total. The Morgan fingerprint density at radius 2 is 1.94 bits per heavy atom. The topological polar surface area (TPSA) is 37.3 Å². The summed E-state index contributed by atoms with van der Waals surface area (Å²) in [6.07, 6.45) is 1.25. The molecule has 0 aliphatic heterocycles. The van der Waals surface area contributed by atoms with Crippen LogP contribution in [0.25, 0.3) is 0 Å². The predicted molar refractivity (Wildman–Crippen MR) is 73.8 cm³/mol. The van der Waals surface area contributed by atoms with Gasteiger partial charge in [0.2, 0.25) is 0 Å². The monoisotopic (exact) mass is 328 g/mol. The van der Waals surface area contributed by atoms with Crippen LogP contribution in [0.2, 0.25) is 0 Å². The molecule has 0 saturated carbocycles. The highest BCUT2D eigenvalue weighted by Crippen LogP contribution is 2.20. The van der Waals surface area contributed by atoms with Gasteiger partial charge in [-0.05, 0) is 24.5 Å². The van der Waals surface area contributed by atoms with Crippen LogP contribution in [0, 0.1) is 5.92 Å². The number of hydrogen-bond donors (Lipinski definition) is 1. The summed E-state index contributed by atoms with van der Waals surface area (Å²) >= 11 is 3.41. The summed E-state index contributed by atoms with van der Waals surface area (Å²) in [5, 5.41) is 8.91. The van der Waals surface area contributed by atoms with Gasteiger partial charge in [0, 0.05) is 4.47 Å². The van der Waals surface area contributed by atoms with Gasteiger partial charge in [0.1, 0.15) is 0 Å². The first-order valence-electron chi connectivity index (χ1n) is 4.61. The Kier molecular flexibility index (Phi) is 10.0. The summed E-state index contributed by atoms with van der Waals surface area (Å²) in [5.41, 5.74) is 1.06. The largest absolute Gasteiger partial charge is 0.481 e. The SMILES string of the molecule is CCC(Cc1ccccc1Br)C(=O)O.Cl.Cl. The zero-order chi connectivity index (χ0) is 10.6. The highest BCUT2D eigenvalue weighted by atomic mass is 79.9. The van der Waals surface area contributed by atoms with Crippen molar-refractivity contribution in [2.75, 3.05) is 0 Å². The molecule has 1 unspecified atom stereocenters. The van der Waals surface area contributed by atoms with Gasteiger partial charge in [0.05, 0.1) is 5.92 Å². The van der Waals surface area contributed by atoms with Crippen LogP contribution >= 0.6 is 40.7 Å². The molecule has 0 spiro atoms. The molecule has 0 fully saturated rings. The molecule has 92 valence electrons. The second-order valence-electron chi connectivity index (χ2n) is 3.24. The Morgan fingerprint density at radius 1 is 1.38 bits per heavy atom. The zero-order valence-corrected chi connectivity index (χ0v) is 12.1. The maximum absolute atomic E-state index is 10.8. The predicted octanol–water partition coefficient (Wildman–Crippen LogP) is 3.95. The molecule has 0 aliphatic carbocycles. The van der Waals surface area contributed by atoms with Crippen molar-refractivity contribution in [3.05, 3.63) is 34.3 Å². The molecular formula is C11H15BrCl2O2. The Balaban J connectivity index is 0. The maximum Gasteiger partial charge on any atom is 0.306 e. The van der Waals surface area contributed by atoms with Crippen LogP contribution in [-0.4, -0.2) is 11.1 Å². The summed E-state index contributed by atoms with van der Waals surface area (Å²) in [5.74, 6) is -1.00. The molecule has 0 saturated heterocycles. The first-order chi connectivity index (χ1) is 6.65. The lowest BCUT2D eigenvalue weighted by Gasteiger charge is -2.10. The summed E-state index contributed by atoms with van der Waals surface area (Å²) in [6.45, 7) is 1.90. The molecule has 0 heterocycles. The minimum atomic E-state index is -0.719. The van der Waals surface area contributed by atoms with Gasteiger partial charge in [0.25, 0.3) is 0 Å². The van der Waals surface area contributed by atoms with Gasteiger partial charge in [-0.2, -0.15) is 0 Å². The minimum absolute atomic E-state index is 0. The van der Waals surface area contributed by atoms with E-state index in [-0.39, 0.29) is 30.7 Å². The second-order valence-corrected chi connectivity index (χ2v) is 4.09. The molecule has 0 aromatic heterocycles. The van der Waals surface area contributed by atoms with Gasteiger partial charge in [-0.25, -0.2) is 0 Å². The van der Waals surface area contributed by atoms with Gasteiger partial charge in [-0.3, -0.25) is 4.79 Å². The van der Waals surface area contributed by atoms with Crippen LogP contribution in [0.5, 0.6) is 0 Å². The Bertz CT molecular complexity index is 332. The lowest BCUT2D eigenvalue weighted by Crippen LogP contribution is -2.15. The number of rotatable bonds is 4. The Morgan fingerprint density at radius 3 is 2.38 bits per heavy atom. The number of aliphatic carboxylic acids is 1. The molecule has 1 aromatic rings. The van der Waals surface area contributed by atoms with E-state index in [0.29, 0.717) is 12.8 Å². The van der Waals surface area contributed by atoms with Crippen molar-refractivity contribution in [3.63, 3.8) is 0 Å². The fourth-order valence-electron chi connectivity index (χ4n) is 1.34. The third-order valence-electron chi connectivity index (χ3n) is 2.27. The van der Waals surface area contributed by atoms with Gasteiger partial charge < -0.3 is 5.11 Å². The fourth-order valence-corrected chi connectivity index (χ4v) is 1.78. The molecule has 1 rings (SSSR count). The van der Waals surface area contributed by atoms with Crippen LogP contribution < -0.4 is 0 Å². The van der Waals surface area contributed by atoms with E-state index in [1.807, 2.05) is 31.2 Å². The van der Waals surface area contributed by atoms with Crippen LogP contribution in [-0.2, 0) is 11.2 Å². The lowest BCUT2D eigenvalue weighted by molar-refractivity contribution is -0.141. The molecule has 16 heavy (non-hydrogen) atoms. The van der Waals surface area contributed by atoms with Crippen LogP contribution in [0.3, 0.4) is 0 Å². The van der Waals surface area contributed by atoms with E-state index < -0.39 is 5.97 Å². The summed E-state index contributed by atoms with van der Waals surface area (Å²) in [7, 11) is 0. The van der Waals surface area contributed by atoms with Crippen molar-refractivity contribution in [1.29, 1.82) is 0 Å². The Hall–Kier alpha value is -0.250. The van der Waals surface area contributed by atoms with E-state index in [2.05, 4.69) is 15.9 Å². The van der Waals surface area contributed by atoms with Crippen LogP contribution in [0.1, 0.15) is 18.9 Å². The van der Waals surface area contributed by atoms with E-state index in [1.54, 1.807) is 0 Å². The van der Waals surface area contributed by atoms with Gasteiger partial charge in [-0.1, -0.05) is 41.1 Å². The highest BCUT2D eigenvalue weighted by molar-refractivity contribution is 9.10. The number of halogens is 3. The molecule has 5 heteroatoms. The highest BCUT2D eigenvalue weighted by Gasteiger charge is 2.16. The standard InChI is InChI=1S/C11H13BrO2.2ClH/c1-2-8(11(13)14)7-9-5-3-4-6-10(9)12;;/h3-6,8H,2,7H2,1H3,(H,13,14);2*1H. The number of carboxylic acid groups (broad SMARTS) is 1. The fraction of sp³-hybridized carbons (Fsp3) is 0.364. The van der Waals surface area contributed by atoms with Crippen molar-refractivity contribution >= 4 is 46.7 Å². The zero-order valence-electron chi connectivity index (χ0n) is 8.85. The maximum atomic E-state index is 10.8. The van der Waals surface area contributed by atoms with Crippen LogP contribution in [0.15, 0.2) is 28.7 Å². The van der Waals surface area contributed by atoms with Gasteiger partial charge in [-0.15, -0.1) is 24.8 Å². The van der Waals surface area contributed by atoms with E-state index in [4.69, 9.17) is 5.11 Å². The average molecular weight is 330 g/mol. The quantitative estimate of drug-likeness (QED) is 0.908.